The smallest absolute Gasteiger partial charge is 0.309 e. The number of nitrogens with one attached hydrogen (secondary N) is 2. The summed E-state index contributed by atoms with van der Waals surface area (Å²) >= 11 is -1.75. The molecule has 12 heteroatoms. The molecule has 0 spiro atoms. The van der Waals surface area contributed by atoms with E-state index in [-0.39, 0.29) is 39.4 Å². The Labute approximate surface area is 259 Å². The number of fused-ring (bicyclic) bond motifs is 2. The van der Waals surface area contributed by atoms with Crippen molar-refractivity contribution in [2.45, 2.75) is 43.9 Å². The molecule has 1 unspecified atom stereocenters. The fraction of sp³-hybridized carbons (Fsp3) is 0.273. The van der Waals surface area contributed by atoms with E-state index >= 15 is 8.78 Å². The number of rotatable bonds is 8. The number of imidazole rings is 1. The number of hydrogen-bond donors (Lipinski definition) is 3. The summed E-state index contributed by atoms with van der Waals surface area (Å²) < 4.78 is 69.6. The van der Waals surface area contributed by atoms with Gasteiger partial charge < -0.3 is 29.1 Å². The van der Waals surface area contributed by atoms with E-state index in [0.29, 0.717) is 24.5 Å². The molecule has 8 nitrogen and oxygen atoms in total. The van der Waals surface area contributed by atoms with Gasteiger partial charge in [0.2, 0.25) is 16.5 Å². The molecule has 0 saturated heterocycles. The van der Waals surface area contributed by atoms with E-state index in [9.17, 15) is 18.8 Å². The van der Waals surface area contributed by atoms with Crippen LogP contribution in [0.4, 0.5) is 13.2 Å². The van der Waals surface area contributed by atoms with E-state index in [1.165, 1.54) is 30.7 Å². The first-order valence-corrected chi connectivity index (χ1v) is 15.7. The zero-order chi connectivity index (χ0) is 32.3. The number of nitrogens with zero attached hydrogens (tertiary/aromatic N) is 1. The van der Waals surface area contributed by atoms with Gasteiger partial charge in [0.25, 0.3) is 0 Å². The van der Waals surface area contributed by atoms with Crippen LogP contribution in [0.25, 0.3) is 22.3 Å². The number of benzene rings is 3. The predicted octanol–water partition coefficient (Wildman–Crippen LogP) is 7.25. The predicted molar refractivity (Wildman–Crippen MR) is 163 cm³/mol. The highest BCUT2D eigenvalue weighted by molar-refractivity contribution is 7.91. The molecule has 3 N–H and O–H groups in total. The van der Waals surface area contributed by atoms with Crippen LogP contribution in [0.15, 0.2) is 59.8 Å². The summed E-state index contributed by atoms with van der Waals surface area (Å²) in [5.41, 5.74) is 0.446. The molecule has 0 bridgehead atoms. The Morgan fingerprint density at radius 1 is 1.18 bits per heavy atom. The number of para-hydroxylation sites is 1. The summed E-state index contributed by atoms with van der Waals surface area (Å²) in [5.74, 6) is -3.83. The molecule has 0 amide bonds. The van der Waals surface area contributed by atoms with Crippen LogP contribution in [-0.2, 0) is 27.8 Å². The largest absolute Gasteiger partial charge is 0.612 e. The SMILES string of the molecule is C[S+]([O-])c1c(Oc2ccc(F)c(-c3nc([C@]4(C)CCOc5c(CC(C)(C)C(=O)O)cccc54)c[nH]3)c2)c(F)c(F)c2[nH]ccc12. The maximum Gasteiger partial charge on any atom is 0.309 e. The van der Waals surface area contributed by atoms with Crippen molar-refractivity contribution in [1.82, 2.24) is 15.0 Å². The summed E-state index contributed by atoms with van der Waals surface area (Å²) in [6.07, 6.45) is 5.24. The van der Waals surface area contributed by atoms with E-state index in [2.05, 4.69) is 9.97 Å². The van der Waals surface area contributed by atoms with Crippen LogP contribution in [-0.4, -0.2) is 43.4 Å². The molecule has 0 aliphatic carbocycles. The third kappa shape index (κ3) is 5.21. The van der Waals surface area contributed by atoms with Gasteiger partial charge in [0, 0.05) is 23.4 Å². The maximum atomic E-state index is 15.2. The van der Waals surface area contributed by atoms with Crippen LogP contribution in [0.2, 0.25) is 0 Å². The number of H-pyrrole nitrogens is 2. The van der Waals surface area contributed by atoms with Crippen molar-refractivity contribution >= 4 is 28.0 Å². The Kier molecular flexibility index (Phi) is 7.60. The normalized spacial score (nSPS) is 17.2. The van der Waals surface area contributed by atoms with Crippen molar-refractivity contribution in [1.29, 1.82) is 0 Å². The lowest BCUT2D eigenvalue weighted by atomic mass is 9.73. The van der Waals surface area contributed by atoms with Gasteiger partial charge in [-0.2, -0.15) is 4.39 Å². The van der Waals surface area contributed by atoms with E-state index in [1.807, 2.05) is 25.1 Å². The van der Waals surface area contributed by atoms with Gasteiger partial charge in [-0.05, 0) is 74.6 Å². The Morgan fingerprint density at radius 3 is 2.69 bits per heavy atom. The van der Waals surface area contributed by atoms with Crippen molar-refractivity contribution < 1.29 is 37.1 Å². The quantitative estimate of drug-likeness (QED) is 0.154. The Hall–Kier alpha value is -4.42. The summed E-state index contributed by atoms with van der Waals surface area (Å²) in [6.45, 7) is 5.68. The minimum atomic E-state index is -1.75. The number of hydrogen-bond acceptors (Lipinski definition) is 5. The number of halogens is 3. The molecule has 0 saturated carbocycles. The van der Waals surface area contributed by atoms with E-state index in [4.69, 9.17) is 14.5 Å². The van der Waals surface area contributed by atoms with Crippen LogP contribution in [0.1, 0.15) is 44.0 Å². The third-order valence-corrected chi connectivity index (χ3v) is 9.38. The van der Waals surface area contributed by atoms with Crippen LogP contribution in [0.3, 0.4) is 0 Å². The van der Waals surface area contributed by atoms with Crippen LogP contribution >= 0.6 is 0 Å². The topological polar surface area (TPSA) is 123 Å². The van der Waals surface area contributed by atoms with Gasteiger partial charge in [-0.3, -0.25) is 4.79 Å². The summed E-state index contributed by atoms with van der Waals surface area (Å²) in [7, 11) is 0. The third-order valence-electron chi connectivity index (χ3n) is 8.40. The molecule has 0 fully saturated rings. The minimum Gasteiger partial charge on any atom is -0.612 e. The molecule has 3 heterocycles. The molecule has 2 aromatic heterocycles. The lowest BCUT2D eigenvalue weighted by molar-refractivity contribution is -0.146. The van der Waals surface area contributed by atoms with Gasteiger partial charge in [-0.1, -0.05) is 18.2 Å². The molecule has 5 aromatic rings. The molecule has 234 valence electrons. The van der Waals surface area contributed by atoms with Gasteiger partial charge in [0.05, 0.1) is 34.2 Å². The van der Waals surface area contributed by atoms with Crippen molar-refractivity contribution in [2.24, 2.45) is 5.41 Å². The molecular formula is C33H30F3N3O5S. The van der Waals surface area contributed by atoms with Crippen molar-refractivity contribution in [3.8, 4) is 28.6 Å². The number of carboxylic acid groups (broad SMARTS) is 1. The zero-order valence-electron chi connectivity index (χ0n) is 24.9. The first-order chi connectivity index (χ1) is 21.3. The lowest BCUT2D eigenvalue weighted by Gasteiger charge is -2.36. The highest BCUT2D eigenvalue weighted by atomic mass is 32.2. The number of carboxylic acids is 1. The van der Waals surface area contributed by atoms with Gasteiger partial charge in [-0.25, -0.2) is 13.8 Å². The Balaban J connectivity index is 1.36. The zero-order valence-corrected chi connectivity index (χ0v) is 25.7. The molecular weight excluding hydrogens is 607 g/mol. The maximum absolute atomic E-state index is 15.2. The van der Waals surface area contributed by atoms with E-state index in [0.717, 1.165) is 17.2 Å². The highest BCUT2D eigenvalue weighted by Crippen LogP contribution is 2.46. The Bertz CT molecular complexity index is 1950. The van der Waals surface area contributed by atoms with Gasteiger partial charge in [0.1, 0.15) is 29.4 Å². The van der Waals surface area contributed by atoms with Crippen molar-refractivity contribution in [3.05, 3.63) is 89.1 Å². The average molecular weight is 638 g/mol. The van der Waals surface area contributed by atoms with E-state index in [1.54, 1.807) is 20.0 Å². The molecule has 6 rings (SSSR count). The average Bonchev–Trinajstić information content (AvgIpc) is 3.68. The van der Waals surface area contributed by atoms with Gasteiger partial charge in [-0.15, -0.1) is 0 Å². The summed E-state index contributed by atoms with van der Waals surface area (Å²) in [6, 6.07) is 10.8. The monoisotopic (exact) mass is 637 g/mol. The van der Waals surface area contributed by atoms with Gasteiger partial charge >= 0.3 is 5.97 Å². The summed E-state index contributed by atoms with van der Waals surface area (Å²) in [4.78, 5) is 22.2. The second-order valence-electron chi connectivity index (χ2n) is 12.0. The lowest BCUT2D eigenvalue weighted by Crippen LogP contribution is -2.33. The number of ether oxygens (including phenoxy) is 2. The summed E-state index contributed by atoms with van der Waals surface area (Å²) in [5, 5.41) is 9.89. The fourth-order valence-corrected chi connectivity index (χ4v) is 6.67. The van der Waals surface area contributed by atoms with Gasteiger partial charge in [0.15, 0.2) is 5.82 Å². The fourth-order valence-electron chi connectivity index (χ4n) is 5.80. The molecule has 2 atom stereocenters. The van der Waals surface area contributed by atoms with Crippen molar-refractivity contribution in [3.63, 3.8) is 0 Å². The minimum absolute atomic E-state index is 0.0162. The number of carbonyl (C=O) groups is 1. The Morgan fingerprint density at radius 2 is 1.96 bits per heavy atom. The van der Waals surface area contributed by atoms with E-state index < -0.39 is 51.2 Å². The number of aromatic amines is 2. The molecule has 1 aliphatic heterocycles. The van der Waals surface area contributed by atoms with Crippen LogP contribution in [0.5, 0.6) is 17.2 Å². The van der Waals surface area contributed by atoms with Crippen LogP contribution < -0.4 is 9.47 Å². The highest BCUT2D eigenvalue weighted by Gasteiger charge is 2.39. The second-order valence-corrected chi connectivity index (χ2v) is 13.3. The molecule has 1 aliphatic rings. The second kappa shape index (κ2) is 11.2. The molecule has 3 aromatic carbocycles. The number of aliphatic carboxylic acids is 1. The number of aromatic nitrogens is 3. The standard InChI is InChI=1S/C33H30F3N3O5S/c1-32(2,31(40)41)15-17-6-5-7-21-27(17)43-13-11-33(21,3)23-16-38-30(39-23)20-14-18(8-9-22(20)34)44-28-25(36)24(35)26-19(10-12-37-26)29(28)45(4)42/h5-10,12,14,16,37H,11,13,15H2,1-4H3,(H,38,39)(H,40,41)/t33-,45?/m1/s1. The van der Waals surface area contributed by atoms with Crippen molar-refractivity contribution in [2.75, 3.05) is 12.9 Å². The first-order valence-electron chi connectivity index (χ1n) is 14.2. The van der Waals surface area contributed by atoms with Crippen LogP contribution in [0, 0.1) is 22.9 Å². The first kappa shape index (κ1) is 30.6. The molecule has 45 heavy (non-hydrogen) atoms. The molecule has 0 radical (unpaired) electrons.